The Balaban J connectivity index is 1.31. The first-order chi connectivity index (χ1) is 47.4. The van der Waals surface area contributed by atoms with Crippen LogP contribution in [0.4, 0.5) is 47.1 Å². The molecule has 0 saturated heterocycles. The first kappa shape index (κ1) is 80.8. The van der Waals surface area contributed by atoms with Crippen LogP contribution >= 0.6 is 0 Å². The molecule has 0 saturated carbocycles. The number of hydrogen-bond acceptors (Lipinski definition) is 14. The van der Waals surface area contributed by atoms with Crippen LogP contribution in [0.5, 0.6) is 11.5 Å². The van der Waals surface area contributed by atoms with E-state index < -0.39 is 0 Å². The molecule has 0 spiro atoms. The van der Waals surface area contributed by atoms with Gasteiger partial charge in [0.2, 0.25) is 35.7 Å². The van der Waals surface area contributed by atoms with E-state index in [9.17, 15) is 0 Å². The van der Waals surface area contributed by atoms with E-state index >= 15 is 0 Å². The van der Waals surface area contributed by atoms with Gasteiger partial charge in [0.25, 0.3) is 0 Å². The van der Waals surface area contributed by atoms with Crippen LogP contribution in [0.2, 0.25) is 0 Å². The van der Waals surface area contributed by atoms with Gasteiger partial charge in [0.15, 0.2) is 0 Å². The first-order valence-electron chi connectivity index (χ1n) is 40.0. The average molecular weight is 1320 g/mol. The van der Waals surface area contributed by atoms with E-state index in [4.69, 9.17) is 39.4 Å². The largest absolute Gasteiger partial charge is 0.494 e. The van der Waals surface area contributed by atoms with Gasteiger partial charge in [-0.25, -0.2) is 0 Å². The molecule has 0 bridgehead atoms. The van der Waals surface area contributed by atoms with Crippen LogP contribution in [0.3, 0.4) is 0 Å². The molecule has 0 amide bonds. The van der Waals surface area contributed by atoms with Crippen LogP contribution in [-0.2, 0) is 13.1 Å². The molecular formula is C82H138N12O2. The van der Waals surface area contributed by atoms with Gasteiger partial charge in [-0.05, 0) is 98.2 Å². The van der Waals surface area contributed by atoms with E-state index in [1.54, 1.807) is 0 Å². The lowest BCUT2D eigenvalue weighted by molar-refractivity contribution is 0.304. The third-order valence-corrected chi connectivity index (χ3v) is 18.6. The number of hydrogen-bond donors (Lipinski definition) is 4. The molecule has 538 valence electrons. The van der Waals surface area contributed by atoms with Gasteiger partial charge < -0.3 is 40.5 Å². The van der Waals surface area contributed by atoms with Crippen LogP contribution in [0.25, 0.3) is 0 Å². The highest BCUT2D eigenvalue weighted by Gasteiger charge is 2.18. The smallest absolute Gasteiger partial charge is 0.233 e. The quantitative estimate of drug-likeness (QED) is 0.0273. The highest BCUT2D eigenvalue weighted by Crippen LogP contribution is 2.26. The molecule has 5 aromatic rings. The Hall–Kier alpha value is -5.92. The van der Waals surface area contributed by atoms with Crippen LogP contribution < -0.4 is 40.5 Å². The van der Waals surface area contributed by atoms with Gasteiger partial charge in [-0.2, -0.15) is 29.9 Å². The Morgan fingerprint density at radius 2 is 0.542 bits per heavy atom. The topological polar surface area (TPSA) is 150 Å². The van der Waals surface area contributed by atoms with Crippen molar-refractivity contribution in [2.45, 2.75) is 337 Å². The number of benzene rings is 3. The van der Waals surface area contributed by atoms with E-state index in [2.05, 4.69) is 145 Å². The van der Waals surface area contributed by atoms with Crippen molar-refractivity contribution in [3.63, 3.8) is 0 Å². The monoisotopic (exact) mass is 1320 g/mol. The first-order valence-corrected chi connectivity index (χ1v) is 40.0. The predicted molar refractivity (Wildman–Crippen MR) is 413 cm³/mol. The fourth-order valence-corrected chi connectivity index (χ4v) is 12.5. The lowest BCUT2D eigenvalue weighted by atomic mass is 10.1. The molecule has 0 fully saturated rings. The van der Waals surface area contributed by atoms with E-state index in [1.165, 1.54) is 244 Å². The number of aromatic nitrogens is 6. The molecule has 0 unspecified atom stereocenters. The lowest BCUT2D eigenvalue weighted by Crippen LogP contribution is -2.28. The third-order valence-electron chi connectivity index (χ3n) is 18.6. The normalized spacial score (nSPS) is 11.3. The Labute approximate surface area is 586 Å². The molecule has 0 aliphatic carbocycles. The van der Waals surface area contributed by atoms with E-state index in [-0.39, 0.29) is 0 Å². The summed E-state index contributed by atoms with van der Waals surface area (Å²) in [7, 11) is 0. The molecule has 3 aromatic carbocycles. The summed E-state index contributed by atoms with van der Waals surface area (Å²) in [4.78, 5) is 35.6. The molecule has 14 heteroatoms. The fourth-order valence-electron chi connectivity index (χ4n) is 12.5. The molecule has 0 radical (unpaired) electrons. The zero-order valence-corrected chi connectivity index (χ0v) is 62.1. The van der Waals surface area contributed by atoms with E-state index in [1.807, 2.05) is 0 Å². The van der Waals surface area contributed by atoms with Crippen LogP contribution in [0, 0.1) is 0 Å². The van der Waals surface area contributed by atoms with Crippen molar-refractivity contribution in [3.8, 4) is 11.5 Å². The predicted octanol–water partition coefficient (Wildman–Crippen LogP) is 24.4. The standard InChI is InChI=1S/C82H138N12O2/c1-7-13-19-25-31-33-35-37-43-49-66-95-75-58-54-73(55-59-75)85-79-87-77(89-81(91-79)93(62-45-39-27-21-15-9-3)63-46-40-28-22-16-10-4)83-69-71-52-51-53-72(68-71)70-84-78-88-80(86-74-56-60-76(61-57-74)96-67-50-44-38-36-34-32-26-20-14-8-2)92-82(90-78)94(64-47-41-29-23-17-11-5)65-48-42-30-24-18-12-6/h51-61,68H,7-50,62-67,69-70H2,1-6H3,(H2,83,85,87,89,91)(H2,84,86,88,90,92). The Morgan fingerprint density at radius 3 is 0.833 bits per heavy atom. The second kappa shape index (κ2) is 55.0. The number of anilines is 8. The maximum atomic E-state index is 6.22. The minimum absolute atomic E-state index is 0.527. The van der Waals surface area contributed by atoms with Crippen molar-refractivity contribution in [2.24, 2.45) is 0 Å². The van der Waals surface area contributed by atoms with Gasteiger partial charge in [-0.3, -0.25) is 0 Å². The zero-order chi connectivity index (χ0) is 67.8. The van der Waals surface area contributed by atoms with Gasteiger partial charge in [0.05, 0.1) is 13.2 Å². The lowest BCUT2D eigenvalue weighted by Gasteiger charge is -2.24. The number of nitrogens with one attached hydrogen (secondary N) is 4. The highest BCUT2D eigenvalue weighted by molar-refractivity contribution is 5.58. The summed E-state index contributed by atoms with van der Waals surface area (Å²) < 4.78 is 12.4. The van der Waals surface area contributed by atoms with Gasteiger partial charge in [-0.15, -0.1) is 0 Å². The van der Waals surface area contributed by atoms with Crippen molar-refractivity contribution in [3.05, 3.63) is 83.9 Å². The molecule has 0 atom stereocenters. The number of rotatable bonds is 64. The molecule has 2 aromatic heterocycles. The summed E-state index contributed by atoms with van der Waals surface area (Å²) in [6.45, 7) is 20.0. The van der Waals surface area contributed by atoms with E-state index in [0.29, 0.717) is 36.9 Å². The molecule has 0 aliphatic rings. The van der Waals surface area contributed by atoms with Crippen LogP contribution in [0.1, 0.15) is 335 Å². The van der Waals surface area contributed by atoms with Crippen molar-refractivity contribution >= 4 is 47.1 Å². The van der Waals surface area contributed by atoms with Crippen LogP contribution in [-0.4, -0.2) is 69.3 Å². The highest BCUT2D eigenvalue weighted by atomic mass is 16.5. The maximum Gasteiger partial charge on any atom is 0.233 e. The Morgan fingerprint density at radius 1 is 0.281 bits per heavy atom. The third kappa shape index (κ3) is 38.3. The average Bonchev–Trinajstić information content (AvgIpc) is 0.902. The number of nitrogens with zero attached hydrogens (tertiary/aromatic N) is 8. The summed E-state index contributed by atoms with van der Waals surface area (Å²) in [6, 6.07) is 25.2. The molecule has 14 nitrogen and oxygen atoms in total. The van der Waals surface area contributed by atoms with Gasteiger partial charge in [-0.1, -0.05) is 310 Å². The molecule has 0 aliphatic heterocycles. The second-order valence-electron chi connectivity index (χ2n) is 27.5. The van der Waals surface area contributed by atoms with E-state index in [0.717, 1.165) is 124 Å². The molecule has 5 rings (SSSR count). The minimum Gasteiger partial charge on any atom is -0.494 e. The van der Waals surface area contributed by atoms with Gasteiger partial charge in [0, 0.05) is 50.6 Å². The summed E-state index contributed by atoms with van der Waals surface area (Å²) in [6.07, 6.45) is 56.0. The number of unbranched alkanes of at least 4 members (excludes halogenated alkanes) is 38. The number of ether oxygens (including phenoxy) is 2. The SMILES string of the molecule is CCCCCCCCCCCCOc1ccc(Nc2nc(NCc3cccc(CNc4nc(Nc5ccc(OCCCCCCCCCCCC)cc5)nc(N(CCCCCCCC)CCCCCCCC)n4)c3)nc(N(CCCCCCCC)CCCCCCCC)n2)cc1. The van der Waals surface area contributed by atoms with Crippen molar-refractivity contribution in [2.75, 3.05) is 70.5 Å². The van der Waals surface area contributed by atoms with Crippen molar-refractivity contribution in [1.29, 1.82) is 0 Å². The summed E-state index contributed by atoms with van der Waals surface area (Å²) >= 11 is 0. The molecule has 96 heavy (non-hydrogen) atoms. The van der Waals surface area contributed by atoms with Crippen molar-refractivity contribution in [1.82, 2.24) is 29.9 Å². The molecular weight excluding hydrogens is 1180 g/mol. The Bertz CT molecular complexity index is 2420. The van der Waals surface area contributed by atoms with Crippen LogP contribution in [0.15, 0.2) is 72.8 Å². The summed E-state index contributed by atoms with van der Waals surface area (Å²) in [5, 5.41) is 14.4. The summed E-state index contributed by atoms with van der Waals surface area (Å²) in [5.41, 5.74) is 4.06. The maximum absolute atomic E-state index is 6.22. The molecule has 2 heterocycles. The van der Waals surface area contributed by atoms with Gasteiger partial charge in [0.1, 0.15) is 11.5 Å². The molecule has 4 N–H and O–H groups in total. The van der Waals surface area contributed by atoms with Crippen molar-refractivity contribution < 1.29 is 9.47 Å². The minimum atomic E-state index is 0.527. The second-order valence-corrected chi connectivity index (χ2v) is 27.5. The van der Waals surface area contributed by atoms with Gasteiger partial charge >= 0.3 is 0 Å². The Kier molecular flexibility index (Phi) is 46.3. The zero-order valence-electron chi connectivity index (χ0n) is 62.1. The summed E-state index contributed by atoms with van der Waals surface area (Å²) in [5.74, 6) is 5.36. The fraction of sp³-hybridized carbons (Fsp3) is 0.707.